The number of ketones is 1. The van der Waals surface area contributed by atoms with Gasteiger partial charge in [-0.25, -0.2) is 15.0 Å². The minimum absolute atomic E-state index is 0. The second kappa shape index (κ2) is 44.6. The molecule has 4 N–H and O–H groups in total. The summed E-state index contributed by atoms with van der Waals surface area (Å²) in [6, 6.07) is 112. The number of allylic oxidation sites excluding steroid dienone is 3. The molecule has 4 atom stereocenters. The molecule has 0 amide bonds. The summed E-state index contributed by atoms with van der Waals surface area (Å²) in [7, 11) is -9.15. The standard InChI is InChI=1S/C39H43O4P.C38H39O4P.C25H23N.C13H14N2.C12H14O.CH4/c1-8-9-14-28-19-26-15-10-12-17-30(26)36-37-31-18-13-11-16-27(31)20-34(39(37)43-44(40,41)42-38(28)36)35-32(24(4)5)21-29(23(2)3)22-33(35)25(6)7;1-8-13-27-18-25-14-9-11-16-29(25)35-36-30-17-12-10-15-26(30)19-33(38(36)42-43(39,40)41-37(27)35)34-31(23(4)5)20-28(22(2)3)21-32(34)24(6)7;1-3-11-20(12-4-1)19-26-23-16-8-7-15-22(23)25(18-10-9-17-24(25)26)21-13-5-2-6-14-21;14-15(13-9-5-2-6-10-13)11-12-7-3-1-4-8-12;13-12-9-5-4-8-11(12)10-6-2-1-3-7-10;/h10-13,15-25H,8-9,14H2,1-7H3,(H,40,41);8-12,14-24H,1,13H2,2-7H3,(H,39,40);1-8,11-17H,9-10,18-19H2;1-10H,11,14H2;1-3,6-7,11H,4-5,8-9H2;1H4/t;;25-;;;/m..1.../s1. The van der Waals surface area contributed by atoms with E-state index in [2.05, 4.69) is 308 Å². The maximum atomic E-state index is 14.0. The Morgan fingerprint density at radius 2 is 0.845 bits per heavy atom. The van der Waals surface area contributed by atoms with Crippen LogP contribution in [0.5, 0.6) is 23.0 Å². The van der Waals surface area contributed by atoms with E-state index < -0.39 is 15.6 Å². The summed E-state index contributed by atoms with van der Waals surface area (Å²) in [6.45, 7) is 34.3. The molecule has 12 nitrogen and oxygen atoms in total. The van der Waals surface area contributed by atoms with Crippen LogP contribution in [0.3, 0.4) is 0 Å². The SMILES string of the molecule is C.C1=C2N(Cc3ccccc3)c3ccccc3[C@]2(c2ccccc2)CCC1.C=CCc1cc2ccccc2c2c1OP(=O)(O)Oc1c(-c3c(C(C)C)cc(C(C)C)cc3C(C)C)cc3ccccc3c1-2.CCCCc1cc2ccccc2c2c1OP(=O)(O)Oc1c(-c3c(C(C)C)cc(C(C)C)cc3C(C)C)cc3ccccc3c1-2.NN(Cc1ccccc1)c1ccccc1.O=C1CCCCC1c1ccccc1. The van der Waals surface area contributed by atoms with Gasteiger partial charge in [-0.05, 0) is 256 Å². The summed E-state index contributed by atoms with van der Waals surface area (Å²) in [4.78, 5) is 36.9. The fraction of sp³-hybridized carbons (Fsp3) is 0.273. The van der Waals surface area contributed by atoms with Gasteiger partial charge in [0.15, 0.2) is 0 Å². The number of hydrogen-bond acceptors (Lipinski definition) is 10. The van der Waals surface area contributed by atoms with Gasteiger partial charge in [0.05, 0.1) is 17.6 Å². The number of benzene rings is 16. The minimum atomic E-state index is -4.59. The van der Waals surface area contributed by atoms with Crippen LogP contribution in [0.25, 0.3) is 87.6 Å². The van der Waals surface area contributed by atoms with Crippen LogP contribution in [0, 0.1) is 0 Å². The summed E-state index contributed by atoms with van der Waals surface area (Å²) in [5.41, 5.74) is 26.6. The van der Waals surface area contributed by atoms with Crippen molar-refractivity contribution in [1.82, 2.24) is 0 Å². The first-order valence-electron chi connectivity index (χ1n) is 50.6. The van der Waals surface area contributed by atoms with Gasteiger partial charge in [0.2, 0.25) is 0 Å². The Morgan fingerprint density at radius 3 is 1.30 bits per heavy atom. The van der Waals surface area contributed by atoms with Gasteiger partial charge in [0.1, 0.15) is 28.8 Å². The molecule has 0 saturated heterocycles. The average molecular weight is 1920 g/mol. The lowest BCUT2D eigenvalue weighted by Gasteiger charge is -2.37. The van der Waals surface area contributed by atoms with E-state index in [4.69, 9.17) is 23.9 Å². The Balaban J connectivity index is 0.000000136. The van der Waals surface area contributed by atoms with Crippen LogP contribution < -0.4 is 33.8 Å². The molecule has 3 unspecified atom stereocenters. The smallest absolute Gasteiger partial charge is 0.394 e. The molecule has 142 heavy (non-hydrogen) atoms. The molecule has 728 valence electrons. The highest BCUT2D eigenvalue weighted by Gasteiger charge is 2.49. The van der Waals surface area contributed by atoms with Crippen molar-refractivity contribution in [1.29, 1.82) is 0 Å². The number of hydrazine groups is 1. The van der Waals surface area contributed by atoms with Crippen molar-refractivity contribution in [2.24, 2.45) is 5.84 Å². The number of para-hydroxylation sites is 2. The van der Waals surface area contributed by atoms with Crippen molar-refractivity contribution in [3.05, 3.63) is 418 Å². The molecule has 3 heterocycles. The normalized spacial score (nSPS) is 17.0. The molecule has 0 spiro atoms. The molecule has 1 saturated carbocycles. The number of hydrogen-bond donors (Lipinski definition) is 3. The van der Waals surface area contributed by atoms with E-state index in [1.807, 2.05) is 121 Å². The molecule has 21 rings (SSSR count). The highest BCUT2D eigenvalue weighted by molar-refractivity contribution is 7.48. The molecule has 2 aliphatic carbocycles. The van der Waals surface area contributed by atoms with E-state index in [0.717, 1.165) is 156 Å². The van der Waals surface area contributed by atoms with Crippen molar-refractivity contribution < 1.29 is 41.8 Å². The van der Waals surface area contributed by atoms with Crippen molar-refractivity contribution in [3.63, 3.8) is 0 Å². The molecule has 0 bridgehead atoms. The largest absolute Gasteiger partial charge is 0.584 e. The zero-order chi connectivity index (χ0) is 99.0. The van der Waals surface area contributed by atoms with Crippen molar-refractivity contribution >= 4 is 75.9 Å². The van der Waals surface area contributed by atoms with Gasteiger partial charge in [-0.1, -0.05) is 401 Å². The first-order valence-corrected chi connectivity index (χ1v) is 53.6. The number of carbonyl (C=O) groups excluding carboxylic acids is 1. The number of rotatable bonds is 20. The number of nitrogens with zero attached hydrogens (tertiary/aromatic N) is 2. The highest BCUT2D eigenvalue weighted by atomic mass is 31.2. The second-order valence-corrected chi connectivity index (χ2v) is 42.7. The summed E-state index contributed by atoms with van der Waals surface area (Å²) < 4.78 is 52.4. The first-order chi connectivity index (χ1) is 68.1. The van der Waals surface area contributed by atoms with Crippen LogP contribution in [0.15, 0.2) is 346 Å². The number of fused-ring (bicyclic) bond motifs is 17. The van der Waals surface area contributed by atoms with Gasteiger partial charge >= 0.3 is 15.6 Å². The maximum Gasteiger partial charge on any atom is 0.584 e. The van der Waals surface area contributed by atoms with Crippen molar-refractivity contribution in [2.75, 3.05) is 9.91 Å². The van der Waals surface area contributed by atoms with Gasteiger partial charge in [-0.3, -0.25) is 14.6 Å². The summed E-state index contributed by atoms with van der Waals surface area (Å²) in [6.07, 6.45) is 15.1. The predicted molar refractivity (Wildman–Crippen MR) is 595 cm³/mol. The van der Waals surface area contributed by atoms with Crippen LogP contribution in [0.4, 0.5) is 11.4 Å². The van der Waals surface area contributed by atoms with Gasteiger partial charge in [-0.15, -0.1) is 6.58 Å². The van der Waals surface area contributed by atoms with Gasteiger partial charge in [0, 0.05) is 63.6 Å². The monoisotopic (exact) mass is 1920 g/mol. The Bertz CT molecular complexity index is 7300. The lowest BCUT2D eigenvalue weighted by atomic mass is 9.68. The van der Waals surface area contributed by atoms with Gasteiger partial charge in [0.25, 0.3) is 0 Å². The second-order valence-electron chi connectivity index (χ2n) is 40.1. The number of anilines is 2. The lowest BCUT2D eigenvalue weighted by Crippen LogP contribution is -2.34. The minimum Gasteiger partial charge on any atom is -0.394 e. The molecular weight excluding hydrogens is 1790 g/mol. The summed E-state index contributed by atoms with van der Waals surface area (Å²) >= 11 is 0. The number of phosphoric acid groups is 2. The van der Waals surface area contributed by atoms with Crippen LogP contribution in [0.2, 0.25) is 0 Å². The molecular formula is C128H137N3O9P2. The van der Waals surface area contributed by atoms with Crippen LogP contribution in [-0.2, 0) is 45.3 Å². The Morgan fingerprint density at radius 1 is 0.451 bits per heavy atom. The third-order valence-electron chi connectivity index (χ3n) is 28.4. The van der Waals surface area contributed by atoms with Crippen molar-refractivity contribution in [2.45, 2.75) is 228 Å². The quantitative estimate of drug-likeness (QED) is 0.0287. The average Bonchev–Trinajstić information content (AvgIpc) is 1.51. The number of phosphoric ester groups is 2. The Hall–Kier alpha value is -13.2. The predicted octanol–water partition coefficient (Wildman–Crippen LogP) is 35.4. The zero-order valence-corrected chi connectivity index (χ0v) is 85.6. The number of carbonyl (C=O) groups is 1. The van der Waals surface area contributed by atoms with Crippen LogP contribution in [-0.4, -0.2) is 15.6 Å². The number of aryl methyl sites for hydroxylation is 1. The van der Waals surface area contributed by atoms with E-state index in [1.54, 1.807) is 11.1 Å². The Kier molecular flexibility index (Phi) is 31.9. The number of unbranched alkanes of at least 4 members (excludes halogenated alkanes) is 1. The van der Waals surface area contributed by atoms with E-state index in [-0.39, 0.29) is 42.4 Å². The summed E-state index contributed by atoms with van der Waals surface area (Å²) in [5, 5.41) is 9.71. The number of nitrogens with two attached hydrogens (primary N) is 1. The third-order valence-corrected chi connectivity index (χ3v) is 30.1. The molecule has 16 aromatic rings. The summed E-state index contributed by atoms with van der Waals surface area (Å²) in [5.74, 6) is 9.79. The molecule has 14 heteroatoms. The van der Waals surface area contributed by atoms with Gasteiger partial charge in [-0.2, -0.15) is 0 Å². The first kappa shape index (κ1) is 102. The van der Waals surface area contributed by atoms with E-state index in [1.165, 1.54) is 98.3 Å². The maximum absolute atomic E-state index is 14.0. The molecule has 5 aliphatic rings. The number of Topliss-reactive ketones (excluding diaryl/α,β-unsaturated/α-hetero) is 1. The van der Waals surface area contributed by atoms with E-state index >= 15 is 0 Å². The highest BCUT2D eigenvalue weighted by Crippen LogP contribution is 2.65. The van der Waals surface area contributed by atoms with E-state index in [0.29, 0.717) is 47.0 Å². The molecule has 0 radical (unpaired) electrons. The van der Waals surface area contributed by atoms with E-state index in [9.17, 15) is 23.7 Å². The van der Waals surface area contributed by atoms with Crippen LogP contribution in [0.1, 0.15) is 269 Å². The zero-order valence-electron chi connectivity index (χ0n) is 83.8. The molecule has 0 aromatic heterocycles. The lowest BCUT2D eigenvalue weighted by molar-refractivity contribution is -0.121. The Labute approximate surface area is 841 Å². The molecule has 1 fully saturated rings. The van der Waals surface area contributed by atoms with Gasteiger partial charge < -0.3 is 28.0 Å². The molecule has 3 aliphatic heterocycles. The van der Waals surface area contributed by atoms with Crippen molar-refractivity contribution in [3.8, 4) is 67.5 Å². The third kappa shape index (κ3) is 21.5. The van der Waals surface area contributed by atoms with Crippen LogP contribution >= 0.6 is 15.6 Å². The molecule has 16 aromatic carbocycles. The fourth-order valence-corrected chi connectivity index (χ4v) is 23.2. The fourth-order valence-electron chi connectivity index (χ4n) is 21.4. The topological polar surface area (TPSA) is 161 Å².